The fourth-order valence-electron chi connectivity index (χ4n) is 2.43. The Morgan fingerprint density at radius 2 is 2.00 bits per heavy atom. The van der Waals surface area contributed by atoms with Crippen LogP contribution < -0.4 is 10.6 Å². The number of para-hydroxylation sites is 1. The molecular weight excluding hydrogens is 265 g/mol. The Balaban J connectivity index is 1.83. The molecule has 104 valence electrons. The zero-order chi connectivity index (χ0) is 14.1. The summed E-state index contributed by atoms with van der Waals surface area (Å²) >= 11 is 0. The van der Waals surface area contributed by atoms with E-state index in [-0.39, 0.29) is 5.69 Å². The molecule has 0 atom stereocenters. The topological polar surface area (TPSA) is 24.1 Å². The van der Waals surface area contributed by atoms with Crippen LogP contribution in [0, 0.1) is 17.5 Å². The minimum atomic E-state index is -1.19. The molecule has 2 aromatic carbocycles. The summed E-state index contributed by atoms with van der Waals surface area (Å²) in [6.07, 6.45) is 0.951. The maximum Gasteiger partial charge on any atom is 0.182 e. The molecule has 0 unspecified atom stereocenters. The molecule has 0 amide bonds. The summed E-state index contributed by atoms with van der Waals surface area (Å²) in [5, 5.41) is 6.01. The van der Waals surface area contributed by atoms with Gasteiger partial charge in [-0.25, -0.2) is 13.2 Å². The van der Waals surface area contributed by atoms with Crippen LogP contribution in [-0.4, -0.2) is 6.54 Å². The molecule has 0 spiro atoms. The third-order valence-corrected chi connectivity index (χ3v) is 3.40. The van der Waals surface area contributed by atoms with Crippen molar-refractivity contribution in [1.82, 2.24) is 0 Å². The summed E-state index contributed by atoms with van der Waals surface area (Å²) < 4.78 is 39.8. The molecular formula is C15H13F3N2. The van der Waals surface area contributed by atoms with E-state index in [1.54, 1.807) is 0 Å². The van der Waals surface area contributed by atoms with Gasteiger partial charge in [0.2, 0.25) is 0 Å². The molecule has 5 heteroatoms. The van der Waals surface area contributed by atoms with E-state index >= 15 is 0 Å². The van der Waals surface area contributed by atoms with Crippen molar-refractivity contribution in [3.8, 4) is 0 Å². The molecule has 1 heterocycles. The van der Waals surface area contributed by atoms with E-state index in [4.69, 9.17) is 0 Å². The summed E-state index contributed by atoms with van der Waals surface area (Å²) in [6, 6.07) is 7.33. The van der Waals surface area contributed by atoms with Crippen LogP contribution in [-0.2, 0) is 13.0 Å². The first-order valence-electron chi connectivity index (χ1n) is 6.38. The number of nitrogens with one attached hydrogen (secondary N) is 2. The first-order valence-corrected chi connectivity index (χ1v) is 6.38. The summed E-state index contributed by atoms with van der Waals surface area (Å²) in [5.41, 5.74) is 3.01. The number of rotatable bonds is 3. The first kappa shape index (κ1) is 12.8. The molecule has 0 fully saturated rings. The van der Waals surface area contributed by atoms with E-state index in [0.717, 1.165) is 30.3 Å². The van der Waals surface area contributed by atoms with Crippen LogP contribution in [0.5, 0.6) is 0 Å². The summed E-state index contributed by atoms with van der Waals surface area (Å²) in [7, 11) is 0. The zero-order valence-corrected chi connectivity index (χ0v) is 10.6. The lowest BCUT2D eigenvalue weighted by molar-refractivity contribution is 0.497. The summed E-state index contributed by atoms with van der Waals surface area (Å²) in [5.74, 6) is -3.06. The highest BCUT2D eigenvalue weighted by molar-refractivity contribution is 5.62. The van der Waals surface area contributed by atoms with Gasteiger partial charge in [0.05, 0.1) is 5.69 Å². The highest BCUT2D eigenvalue weighted by atomic mass is 19.2. The standard InChI is InChI=1S/C15H13F3N2/c16-11-6-12(17)14(18)13(7-11)20-8-10-3-1-2-9-4-5-19-15(9)10/h1-3,6-7,19-20H,4-5,8H2. The molecule has 0 aliphatic carbocycles. The van der Waals surface area contributed by atoms with Crippen molar-refractivity contribution >= 4 is 11.4 Å². The minimum Gasteiger partial charge on any atom is -0.384 e. The third-order valence-electron chi connectivity index (χ3n) is 3.40. The van der Waals surface area contributed by atoms with Crippen molar-refractivity contribution in [3.63, 3.8) is 0 Å². The van der Waals surface area contributed by atoms with Gasteiger partial charge in [-0.3, -0.25) is 0 Å². The molecule has 0 radical (unpaired) electrons. The monoisotopic (exact) mass is 278 g/mol. The van der Waals surface area contributed by atoms with Gasteiger partial charge in [-0.05, 0) is 17.5 Å². The van der Waals surface area contributed by atoms with Crippen LogP contribution >= 0.6 is 0 Å². The second-order valence-corrected chi connectivity index (χ2v) is 4.73. The second kappa shape index (κ2) is 5.07. The van der Waals surface area contributed by atoms with Gasteiger partial charge in [0.15, 0.2) is 11.6 Å². The fraction of sp³-hybridized carbons (Fsp3) is 0.200. The maximum atomic E-state index is 13.5. The molecule has 1 aliphatic rings. The highest BCUT2D eigenvalue weighted by Gasteiger charge is 2.15. The van der Waals surface area contributed by atoms with Crippen LogP contribution in [0.25, 0.3) is 0 Å². The molecule has 20 heavy (non-hydrogen) atoms. The number of anilines is 2. The van der Waals surface area contributed by atoms with Gasteiger partial charge in [0.1, 0.15) is 5.82 Å². The molecule has 3 rings (SSSR count). The Morgan fingerprint density at radius 3 is 2.85 bits per heavy atom. The number of hydrogen-bond donors (Lipinski definition) is 2. The molecule has 0 bridgehead atoms. The summed E-state index contributed by atoms with van der Waals surface area (Å²) in [4.78, 5) is 0. The van der Waals surface area contributed by atoms with Crippen molar-refractivity contribution in [3.05, 3.63) is 58.9 Å². The Kier molecular flexibility index (Phi) is 3.26. The maximum absolute atomic E-state index is 13.5. The van der Waals surface area contributed by atoms with E-state index in [2.05, 4.69) is 10.6 Å². The Labute approximate surface area is 114 Å². The molecule has 0 saturated carbocycles. The fourth-order valence-corrected chi connectivity index (χ4v) is 2.43. The average molecular weight is 278 g/mol. The van der Waals surface area contributed by atoms with E-state index in [1.807, 2.05) is 18.2 Å². The summed E-state index contributed by atoms with van der Waals surface area (Å²) in [6.45, 7) is 1.17. The van der Waals surface area contributed by atoms with Crippen molar-refractivity contribution < 1.29 is 13.2 Å². The molecule has 0 saturated heterocycles. The van der Waals surface area contributed by atoms with Gasteiger partial charge in [-0.2, -0.15) is 0 Å². The number of hydrogen-bond acceptors (Lipinski definition) is 2. The van der Waals surface area contributed by atoms with Crippen LogP contribution in [0.3, 0.4) is 0 Å². The highest BCUT2D eigenvalue weighted by Crippen LogP contribution is 2.27. The zero-order valence-electron chi connectivity index (χ0n) is 10.6. The predicted octanol–water partition coefficient (Wildman–Crippen LogP) is 3.68. The van der Waals surface area contributed by atoms with Crippen LogP contribution in [0.2, 0.25) is 0 Å². The van der Waals surface area contributed by atoms with E-state index in [1.165, 1.54) is 5.56 Å². The van der Waals surface area contributed by atoms with Crippen LogP contribution in [0.4, 0.5) is 24.5 Å². The number of fused-ring (bicyclic) bond motifs is 1. The smallest absolute Gasteiger partial charge is 0.182 e. The van der Waals surface area contributed by atoms with Gasteiger partial charge in [0.25, 0.3) is 0 Å². The molecule has 0 aromatic heterocycles. The van der Waals surface area contributed by atoms with Gasteiger partial charge in [-0.15, -0.1) is 0 Å². The van der Waals surface area contributed by atoms with Crippen molar-refractivity contribution in [2.75, 3.05) is 17.2 Å². The Morgan fingerprint density at radius 1 is 1.15 bits per heavy atom. The Bertz CT molecular complexity index is 656. The van der Waals surface area contributed by atoms with Crippen LogP contribution in [0.1, 0.15) is 11.1 Å². The number of benzene rings is 2. The van der Waals surface area contributed by atoms with Crippen molar-refractivity contribution in [2.45, 2.75) is 13.0 Å². The van der Waals surface area contributed by atoms with Crippen molar-refractivity contribution in [2.24, 2.45) is 0 Å². The van der Waals surface area contributed by atoms with E-state index in [0.29, 0.717) is 12.6 Å². The molecule has 2 N–H and O–H groups in total. The van der Waals surface area contributed by atoms with Crippen molar-refractivity contribution in [1.29, 1.82) is 0 Å². The normalized spacial score (nSPS) is 12.9. The van der Waals surface area contributed by atoms with Crippen LogP contribution in [0.15, 0.2) is 30.3 Å². The van der Waals surface area contributed by atoms with Gasteiger partial charge in [0, 0.05) is 30.9 Å². The van der Waals surface area contributed by atoms with Gasteiger partial charge >= 0.3 is 0 Å². The van der Waals surface area contributed by atoms with Gasteiger partial charge in [-0.1, -0.05) is 18.2 Å². The third kappa shape index (κ3) is 2.31. The second-order valence-electron chi connectivity index (χ2n) is 4.73. The SMILES string of the molecule is Fc1cc(F)c(F)c(NCc2cccc3c2NCC3)c1. The molecule has 1 aliphatic heterocycles. The quantitative estimate of drug-likeness (QED) is 0.837. The lowest BCUT2D eigenvalue weighted by Crippen LogP contribution is -2.05. The molecule has 2 nitrogen and oxygen atoms in total. The molecule has 2 aromatic rings. The van der Waals surface area contributed by atoms with Gasteiger partial charge < -0.3 is 10.6 Å². The first-order chi connectivity index (χ1) is 9.65. The number of halogens is 3. The predicted molar refractivity (Wildman–Crippen MR) is 72.3 cm³/mol. The lowest BCUT2D eigenvalue weighted by atomic mass is 10.1. The van der Waals surface area contributed by atoms with E-state index < -0.39 is 17.5 Å². The Hall–Kier alpha value is -2.17. The average Bonchev–Trinajstić information content (AvgIpc) is 2.90. The minimum absolute atomic E-state index is 0.168. The largest absolute Gasteiger partial charge is 0.384 e. The lowest BCUT2D eigenvalue weighted by Gasteiger charge is -2.12. The van der Waals surface area contributed by atoms with E-state index in [9.17, 15) is 13.2 Å².